The quantitative estimate of drug-likeness (QED) is 0.640. The first-order valence-electron chi connectivity index (χ1n) is 5.70. The van der Waals surface area contributed by atoms with Crippen LogP contribution in [0.5, 0.6) is 5.88 Å². The lowest BCUT2D eigenvalue weighted by Gasteiger charge is -2.12. The van der Waals surface area contributed by atoms with E-state index in [1.165, 1.54) is 18.2 Å². The molecule has 8 heteroatoms. The maximum absolute atomic E-state index is 13.0. The van der Waals surface area contributed by atoms with Crippen LogP contribution in [0.25, 0.3) is 11.3 Å². The zero-order valence-electron chi connectivity index (χ0n) is 10.7. The number of hydrogen-bond acceptors (Lipinski definition) is 4. The van der Waals surface area contributed by atoms with Crippen molar-refractivity contribution in [3.63, 3.8) is 0 Å². The van der Waals surface area contributed by atoms with E-state index in [4.69, 9.17) is 4.74 Å². The number of methoxy groups -OCH3 is 1. The summed E-state index contributed by atoms with van der Waals surface area (Å²) in [5.41, 5.74) is -1.50. The molecule has 0 saturated carbocycles. The highest BCUT2D eigenvalue weighted by molar-refractivity contribution is 5.66. The van der Waals surface area contributed by atoms with Gasteiger partial charge in [-0.2, -0.15) is 13.2 Å². The zero-order chi connectivity index (χ0) is 15.6. The summed E-state index contributed by atoms with van der Waals surface area (Å²) in [6.45, 7) is 0. The van der Waals surface area contributed by atoms with Crippen molar-refractivity contribution >= 4 is 5.69 Å². The predicted molar refractivity (Wildman–Crippen MR) is 67.9 cm³/mol. The molecule has 0 saturated heterocycles. The molecule has 0 radical (unpaired) electrons. The van der Waals surface area contributed by atoms with Crippen molar-refractivity contribution in [2.24, 2.45) is 0 Å². The summed E-state index contributed by atoms with van der Waals surface area (Å²) in [6.07, 6.45) is -4.55. The third-order valence-corrected chi connectivity index (χ3v) is 2.74. The molecule has 0 aliphatic rings. The fourth-order valence-corrected chi connectivity index (χ4v) is 1.83. The molecule has 2 rings (SSSR count). The number of rotatable bonds is 3. The third-order valence-electron chi connectivity index (χ3n) is 2.74. The van der Waals surface area contributed by atoms with Gasteiger partial charge in [0.1, 0.15) is 0 Å². The average Bonchev–Trinajstić information content (AvgIpc) is 2.45. The highest BCUT2D eigenvalue weighted by Gasteiger charge is 2.34. The first-order chi connectivity index (χ1) is 9.84. The summed E-state index contributed by atoms with van der Waals surface area (Å²) in [6, 6.07) is 7.08. The predicted octanol–water partition coefficient (Wildman–Crippen LogP) is 3.68. The molecule has 0 aliphatic heterocycles. The summed E-state index contributed by atoms with van der Waals surface area (Å²) < 4.78 is 43.6. The highest BCUT2D eigenvalue weighted by atomic mass is 19.4. The van der Waals surface area contributed by atoms with Crippen molar-refractivity contribution in [1.82, 2.24) is 4.98 Å². The van der Waals surface area contributed by atoms with Gasteiger partial charge in [0, 0.05) is 11.6 Å². The molecule has 0 bridgehead atoms. The van der Waals surface area contributed by atoms with E-state index < -0.39 is 22.4 Å². The Labute approximate surface area is 117 Å². The Morgan fingerprint density at radius 3 is 2.43 bits per heavy atom. The van der Waals surface area contributed by atoms with E-state index in [0.717, 1.165) is 25.3 Å². The number of nitrogens with zero attached hydrogens (tertiary/aromatic N) is 2. The standard InChI is InChI=1S/C13H9F3N2O3/c1-21-12-11(18(19)20)7-6-10(17-12)8-4-2-3-5-9(8)13(14,15)16/h2-7H,1H3. The molecule has 1 aromatic carbocycles. The Kier molecular flexibility index (Phi) is 3.79. The van der Waals surface area contributed by atoms with Gasteiger partial charge in [-0.15, -0.1) is 0 Å². The molecule has 0 aliphatic carbocycles. The van der Waals surface area contributed by atoms with E-state index in [2.05, 4.69) is 4.98 Å². The summed E-state index contributed by atoms with van der Waals surface area (Å²) >= 11 is 0. The molecule has 1 heterocycles. The summed E-state index contributed by atoms with van der Waals surface area (Å²) in [7, 11) is 1.16. The molecular formula is C13H9F3N2O3. The Hall–Kier alpha value is -2.64. The lowest BCUT2D eigenvalue weighted by atomic mass is 10.0. The molecule has 110 valence electrons. The minimum Gasteiger partial charge on any atom is -0.476 e. The van der Waals surface area contributed by atoms with Crippen LogP contribution >= 0.6 is 0 Å². The van der Waals surface area contributed by atoms with Crippen LogP contribution in [-0.2, 0) is 6.18 Å². The Bertz CT molecular complexity index is 687. The van der Waals surface area contributed by atoms with Gasteiger partial charge in [0.25, 0.3) is 5.88 Å². The van der Waals surface area contributed by atoms with Crippen molar-refractivity contribution in [1.29, 1.82) is 0 Å². The van der Waals surface area contributed by atoms with Crippen molar-refractivity contribution in [2.75, 3.05) is 7.11 Å². The number of ether oxygens (including phenoxy) is 1. The van der Waals surface area contributed by atoms with Gasteiger partial charge < -0.3 is 4.74 Å². The molecule has 0 amide bonds. The second-order valence-corrected chi connectivity index (χ2v) is 4.03. The first-order valence-corrected chi connectivity index (χ1v) is 5.70. The topological polar surface area (TPSA) is 65.3 Å². The smallest absolute Gasteiger partial charge is 0.417 e. The third kappa shape index (κ3) is 2.93. The second-order valence-electron chi connectivity index (χ2n) is 4.03. The largest absolute Gasteiger partial charge is 0.476 e. The Morgan fingerprint density at radius 1 is 1.19 bits per heavy atom. The van der Waals surface area contributed by atoms with Gasteiger partial charge in [0.05, 0.1) is 23.3 Å². The normalized spacial score (nSPS) is 11.2. The van der Waals surface area contributed by atoms with Crippen LogP contribution in [0, 0.1) is 10.1 Å². The lowest BCUT2D eigenvalue weighted by Crippen LogP contribution is -2.07. The van der Waals surface area contributed by atoms with Crippen molar-refractivity contribution in [3.05, 3.63) is 52.1 Å². The monoisotopic (exact) mass is 298 g/mol. The average molecular weight is 298 g/mol. The van der Waals surface area contributed by atoms with Gasteiger partial charge in [-0.3, -0.25) is 10.1 Å². The maximum atomic E-state index is 13.0. The number of nitro groups is 1. The summed E-state index contributed by atoms with van der Waals surface area (Å²) in [5.74, 6) is -0.338. The van der Waals surface area contributed by atoms with E-state index in [0.29, 0.717) is 0 Å². The lowest BCUT2D eigenvalue weighted by molar-refractivity contribution is -0.386. The molecule has 0 spiro atoms. The summed E-state index contributed by atoms with van der Waals surface area (Å²) in [5, 5.41) is 10.8. The van der Waals surface area contributed by atoms with Crippen molar-refractivity contribution in [2.45, 2.75) is 6.18 Å². The number of pyridine rings is 1. The van der Waals surface area contributed by atoms with Crippen molar-refractivity contribution in [3.8, 4) is 17.1 Å². The fraction of sp³-hybridized carbons (Fsp3) is 0.154. The van der Waals surface area contributed by atoms with Crippen LogP contribution in [0.15, 0.2) is 36.4 Å². The van der Waals surface area contributed by atoms with E-state index >= 15 is 0 Å². The number of aromatic nitrogens is 1. The van der Waals surface area contributed by atoms with Gasteiger partial charge in [-0.25, -0.2) is 4.98 Å². The molecule has 0 N–H and O–H groups in total. The van der Waals surface area contributed by atoms with Crippen LogP contribution in [-0.4, -0.2) is 17.0 Å². The molecule has 1 aromatic heterocycles. The van der Waals surface area contributed by atoms with Gasteiger partial charge >= 0.3 is 11.9 Å². The molecule has 21 heavy (non-hydrogen) atoms. The molecule has 0 unspecified atom stereocenters. The van der Waals surface area contributed by atoms with Gasteiger partial charge in [-0.1, -0.05) is 18.2 Å². The van der Waals surface area contributed by atoms with Gasteiger partial charge in [-0.05, 0) is 12.1 Å². The van der Waals surface area contributed by atoms with E-state index in [9.17, 15) is 23.3 Å². The van der Waals surface area contributed by atoms with Crippen LogP contribution in [0.4, 0.5) is 18.9 Å². The van der Waals surface area contributed by atoms with Crippen LogP contribution in [0.2, 0.25) is 0 Å². The maximum Gasteiger partial charge on any atom is 0.417 e. The van der Waals surface area contributed by atoms with Crippen LogP contribution in [0.3, 0.4) is 0 Å². The Morgan fingerprint density at radius 2 is 1.86 bits per heavy atom. The summed E-state index contributed by atoms with van der Waals surface area (Å²) in [4.78, 5) is 13.8. The van der Waals surface area contributed by atoms with Gasteiger partial charge in [0.15, 0.2) is 0 Å². The number of benzene rings is 1. The molecular weight excluding hydrogens is 289 g/mol. The highest BCUT2D eigenvalue weighted by Crippen LogP contribution is 2.37. The fourth-order valence-electron chi connectivity index (χ4n) is 1.83. The number of alkyl halides is 3. The number of halogens is 3. The van der Waals surface area contributed by atoms with Gasteiger partial charge in [0.2, 0.25) is 0 Å². The molecule has 2 aromatic rings. The minimum atomic E-state index is -4.55. The Balaban J connectivity index is 2.61. The van der Waals surface area contributed by atoms with Crippen LogP contribution < -0.4 is 4.74 Å². The first kappa shape index (κ1) is 14.8. The SMILES string of the molecule is COc1nc(-c2ccccc2C(F)(F)F)ccc1[N+](=O)[O-]. The molecule has 5 nitrogen and oxygen atoms in total. The minimum absolute atomic E-state index is 0.0506. The zero-order valence-corrected chi connectivity index (χ0v) is 10.7. The second kappa shape index (κ2) is 5.39. The number of hydrogen-bond donors (Lipinski definition) is 0. The van der Waals surface area contributed by atoms with Crippen molar-refractivity contribution < 1.29 is 22.8 Å². The van der Waals surface area contributed by atoms with E-state index in [1.807, 2.05) is 0 Å². The van der Waals surface area contributed by atoms with E-state index in [1.54, 1.807) is 0 Å². The van der Waals surface area contributed by atoms with E-state index in [-0.39, 0.29) is 17.1 Å². The molecule has 0 fully saturated rings. The molecule has 0 atom stereocenters. The van der Waals surface area contributed by atoms with Crippen LogP contribution in [0.1, 0.15) is 5.56 Å².